The first-order valence-electron chi connectivity index (χ1n) is 9.29. The van der Waals surface area contributed by atoms with E-state index < -0.39 is 4.92 Å². The van der Waals surface area contributed by atoms with E-state index in [2.05, 4.69) is 33.2 Å². The van der Waals surface area contributed by atoms with Crippen LogP contribution in [0.25, 0.3) is 6.08 Å². The number of thiophene rings is 1. The third-order valence-corrected chi connectivity index (χ3v) is 6.06. The number of hydrogen-bond acceptors (Lipinski definition) is 6. The SMILES string of the molecule is O=C(/C=C/c1ccc(Cn2cc(Br)c([N+](=O)[O-])n2)o1)c1ccc(Cc2ccccc2)s1. The molecule has 0 atom stereocenters. The molecule has 0 unspecified atom stereocenters. The normalized spacial score (nSPS) is 11.3. The molecule has 0 amide bonds. The van der Waals surface area contributed by atoms with Gasteiger partial charge in [0.2, 0.25) is 0 Å². The highest BCUT2D eigenvalue weighted by Gasteiger charge is 2.19. The smallest absolute Gasteiger partial charge is 0.404 e. The van der Waals surface area contributed by atoms with Crippen LogP contribution < -0.4 is 0 Å². The molecule has 0 N–H and O–H groups in total. The number of hydrogen-bond donors (Lipinski definition) is 0. The molecule has 3 aromatic heterocycles. The number of ketones is 1. The fraction of sp³-hybridized carbons (Fsp3) is 0.0909. The average molecular weight is 498 g/mol. The van der Waals surface area contributed by atoms with Gasteiger partial charge in [-0.2, -0.15) is 4.68 Å². The topological polar surface area (TPSA) is 91.2 Å². The lowest BCUT2D eigenvalue weighted by molar-refractivity contribution is -0.390. The molecule has 0 radical (unpaired) electrons. The predicted molar refractivity (Wildman–Crippen MR) is 121 cm³/mol. The molecule has 0 spiro atoms. The molecule has 0 aliphatic carbocycles. The van der Waals surface area contributed by atoms with Gasteiger partial charge in [-0.3, -0.25) is 4.79 Å². The molecule has 0 saturated carbocycles. The van der Waals surface area contributed by atoms with Crippen molar-refractivity contribution in [3.8, 4) is 0 Å². The van der Waals surface area contributed by atoms with Crippen LogP contribution in [0, 0.1) is 10.1 Å². The van der Waals surface area contributed by atoms with Crippen molar-refractivity contribution in [3.63, 3.8) is 0 Å². The van der Waals surface area contributed by atoms with Gasteiger partial charge < -0.3 is 14.5 Å². The van der Waals surface area contributed by atoms with Crippen LogP contribution >= 0.6 is 27.3 Å². The third-order valence-electron chi connectivity index (χ3n) is 4.40. The largest absolute Gasteiger partial charge is 0.460 e. The standard InChI is InChI=1S/C22H16BrN3O4S/c23-19-14-25(24-22(19)26(28)29)13-17-7-6-16(30-17)8-10-20(27)21-11-9-18(31-21)12-15-4-2-1-3-5-15/h1-11,14H,12-13H2/b10-8+. The van der Waals surface area contributed by atoms with Crippen molar-refractivity contribution in [3.05, 3.63) is 108 Å². The minimum absolute atomic E-state index is 0.0890. The van der Waals surface area contributed by atoms with E-state index in [9.17, 15) is 14.9 Å². The van der Waals surface area contributed by atoms with E-state index in [1.54, 1.807) is 18.2 Å². The summed E-state index contributed by atoms with van der Waals surface area (Å²) in [5, 5.41) is 14.8. The molecule has 0 fully saturated rings. The molecule has 7 nitrogen and oxygen atoms in total. The maximum absolute atomic E-state index is 12.5. The van der Waals surface area contributed by atoms with Gasteiger partial charge in [0.1, 0.15) is 22.5 Å². The van der Waals surface area contributed by atoms with Crippen molar-refractivity contribution >= 4 is 44.9 Å². The molecule has 31 heavy (non-hydrogen) atoms. The Labute approximate surface area is 189 Å². The third kappa shape index (κ3) is 5.25. The number of rotatable bonds is 8. The molecule has 0 bridgehead atoms. The Hall–Kier alpha value is -3.30. The Morgan fingerprint density at radius 2 is 2.00 bits per heavy atom. The summed E-state index contributed by atoms with van der Waals surface area (Å²) in [7, 11) is 0. The van der Waals surface area contributed by atoms with E-state index in [1.165, 1.54) is 33.9 Å². The summed E-state index contributed by atoms with van der Waals surface area (Å²) in [5.41, 5.74) is 1.21. The Morgan fingerprint density at radius 3 is 2.74 bits per heavy atom. The van der Waals surface area contributed by atoms with Crippen LogP contribution in [0.2, 0.25) is 0 Å². The molecular weight excluding hydrogens is 482 g/mol. The fourth-order valence-corrected chi connectivity index (χ4v) is 4.39. The Morgan fingerprint density at radius 1 is 1.19 bits per heavy atom. The average Bonchev–Trinajstić information content (AvgIpc) is 3.48. The highest BCUT2D eigenvalue weighted by molar-refractivity contribution is 9.10. The zero-order chi connectivity index (χ0) is 21.8. The van der Waals surface area contributed by atoms with E-state index in [4.69, 9.17) is 4.42 Å². The highest BCUT2D eigenvalue weighted by Crippen LogP contribution is 2.23. The Balaban J connectivity index is 1.38. The van der Waals surface area contributed by atoms with Crippen molar-refractivity contribution in [2.75, 3.05) is 0 Å². The predicted octanol–water partition coefficient (Wildman–Crippen LogP) is 5.74. The number of allylic oxidation sites excluding steroid dienone is 1. The highest BCUT2D eigenvalue weighted by atomic mass is 79.9. The van der Waals surface area contributed by atoms with Gasteiger partial charge in [-0.25, -0.2) is 0 Å². The summed E-state index contributed by atoms with van der Waals surface area (Å²) in [6, 6.07) is 17.4. The number of carbonyl (C=O) groups is 1. The van der Waals surface area contributed by atoms with Crippen LogP contribution in [0.3, 0.4) is 0 Å². The number of furan rings is 1. The fourth-order valence-electron chi connectivity index (χ4n) is 2.96. The lowest BCUT2D eigenvalue weighted by atomic mass is 10.1. The van der Waals surface area contributed by atoms with Crippen LogP contribution in [-0.2, 0) is 13.0 Å². The first-order valence-corrected chi connectivity index (χ1v) is 10.9. The van der Waals surface area contributed by atoms with Gasteiger partial charge >= 0.3 is 5.82 Å². The minimum atomic E-state index is -0.557. The zero-order valence-corrected chi connectivity index (χ0v) is 18.5. The molecule has 0 aliphatic rings. The number of aromatic nitrogens is 2. The number of carbonyl (C=O) groups excluding carboxylic acids is 1. The van der Waals surface area contributed by atoms with Gasteiger partial charge in [0.15, 0.2) is 5.78 Å². The van der Waals surface area contributed by atoms with Gasteiger partial charge in [-0.15, -0.1) is 11.3 Å². The quantitative estimate of drug-likeness (QED) is 0.134. The van der Waals surface area contributed by atoms with Crippen molar-refractivity contribution < 1.29 is 14.1 Å². The van der Waals surface area contributed by atoms with Crippen LogP contribution in [0.1, 0.15) is 31.6 Å². The van der Waals surface area contributed by atoms with Gasteiger partial charge in [0.25, 0.3) is 0 Å². The summed E-state index contributed by atoms with van der Waals surface area (Å²) < 4.78 is 7.41. The van der Waals surface area contributed by atoms with Crippen molar-refractivity contribution in [1.29, 1.82) is 0 Å². The van der Waals surface area contributed by atoms with Gasteiger partial charge in [-0.1, -0.05) is 30.3 Å². The summed E-state index contributed by atoms with van der Waals surface area (Å²) in [5.74, 6) is 0.747. The van der Waals surface area contributed by atoms with Gasteiger partial charge in [0, 0.05) is 11.3 Å². The van der Waals surface area contributed by atoms with Gasteiger partial charge in [0.05, 0.1) is 16.2 Å². The molecule has 3 heterocycles. The van der Waals surface area contributed by atoms with E-state index in [-0.39, 0.29) is 18.1 Å². The van der Waals surface area contributed by atoms with Crippen molar-refractivity contribution in [2.45, 2.75) is 13.0 Å². The van der Waals surface area contributed by atoms with E-state index >= 15 is 0 Å². The van der Waals surface area contributed by atoms with Crippen LogP contribution in [0.4, 0.5) is 5.82 Å². The second-order valence-electron chi connectivity index (χ2n) is 6.69. The maximum Gasteiger partial charge on any atom is 0.404 e. The monoisotopic (exact) mass is 497 g/mol. The first kappa shape index (κ1) is 21.0. The molecule has 1 aromatic carbocycles. The Bertz CT molecular complexity index is 1260. The Kier molecular flexibility index (Phi) is 6.24. The van der Waals surface area contributed by atoms with E-state index in [0.717, 1.165) is 11.3 Å². The van der Waals surface area contributed by atoms with E-state index in [0.29, 0.717) is 20.9 Å². The molecule has 9 heteroatoms. The molecule has 0 saturated heterocycles. The summed E-state index contributed by atoms with van der Waals surface area (Å²) >= 11 is 4.60. The summed E-state index contributed by atoms with van der Waals surface area (Å²) in [6.07, 6.45) is 5.41. The summed E-state index contributed by atoms with van der Waals surface area (Å²) in [6.45, 7) is 0.238. The number of nitro groups is 1. The molecule has 0 aliphatic heterocycles. The zero-order valence-electron chi connectivity index (χ0n) is 16.1. The molecular formula is C22H16BrN3O4S. The second kappa shape index (κ2) is 9.23. The van der Waals surface area contributed by atoms with Crippen molar-refractivity contribution in [1.82, 2.24) is 9.78 Å². The molecule has 4 rings (SSSR count). The minimum Gasteiger partial charge on any atom is -0.460 e. The summed E-state index contributed by atoms with van der Waals surface area (Å²) in [4.78, 5) is 24.6. The van der Waals surface area contributed by atoms with Crippen LogP contribution in [0.5, 0.6) is 0 Å². The van der Waals surface area contributed by atoms with E-state index in [1.807, 2.05) is 30.3 Å². The maximum atomic E-state index is 12.5. The van der Waals surface area contributed by atoms with Crippen molar-refractivity contribution in [2.24, 2.45) is 0 Å². The molecule has 156 valence electrons. The lowest BCUT2D eigenvalue weighted by Gasteiger charge is -1.96. The number of halogens is 1. The number of nitrogens with zero attached hydrogens (tertiary/aromatic N) is 3. The van der Waals surface area contributed by atoms with Crippen LogP contribution in [-0.4, -0.2) is 20.5 Å². The van der Waals surface area contributed by atoms with Gasteiger partial charge in [-0.05, 0) is 62.8 Å². The first-order chi connectivity index (χ1) is 15.0. The molecule has 4 aromatic rings. The number of benzene rings is 1. The lowest BCUT2D eigenvalue weighted by Crippen LogP contribution is -2.00. The second-order valence-corrected chi connectivity index (χ2v) is 8.71. The van der Waals surface area contributed by atoms with Crippen LogP contribution in [0.15, 0.2) is 75.8 Å².